The summed E-state index contributed by atoms with van der Waals surface area (Å²) in [6.07, 6.45) is 0.839. The fourth-order valence-electron chi connectivity index (χ4n) is 2.76. The van der Waals surface area contributed by atoms with Gasteiger partial charge in [0.1, 0.15) is 11.8 Å². The SMILES string of the molecule is CC[C@@H](C)NC(=O)[C@H](C)N(Cc1cccc(OC)c1)C(=O)CSc1ccccc1. The van der Waals surface area contributed by atoms with Gasteiger partial charge < -0.3 is 15.0 Å². The van der Waals surface area contributed by atoms with Crippen molar-refractivity contribution in [1.29, 1.82) is 0 Å². The highest BCUT2D eigenvalue weighted by atomic mass is 32.2. The van der Waals surface area contributed by atoms with Gasteiger partial charge in [0, 0.05) is 17.5 Å². The molecule has 29 heavy (non-hydrogen) atoms. The summed E-state index contributed by atoms with van der Waals surface area (Å²) in [7, 11) is 1.61. The molecule has 2 atom stereocenters. The topological polar surface area (TPSA) is 58.6 Å². The lowest BCUT2D eigenvalue weighted by Gasteiger charge is -2.29. The minimum Gasteiger partial charge on any atom is -0.497 e. The second-order valence-electron chi connectivity index (χ2n) is 6.97. The molecule has 6 heteroatoms. The molecule has 156 valence electrons. The highest BCUT2D eigenvalue weighted by Gasteiger charge is 2.26. The van der Waals surface area contributed by atoms with Crippen LogP contribution in [0.2, 0.25) is 0 Å². The Kier molecular flexibility index (Phi) is 9.06. The first-order valence-corrected chi connectivity index (χ1v) is 10.8. The number of benzene rings is 2. The van der Waals surface area contributed by atoms with Crippen molar-refractivity contribution in [1.82, 2.24) is 10.2 Å². The van der Waals surface area contributed by atoms with Crippen LogP contribution in [0.15, 0.2) is 59.5 Å². The number of thioether (sulfide) groups is 1. The van der Waals surface area contributed by atoms with E-state index in [1.807, 2.05) is 68.4 Å². The van der Waals surface area contributed by atoms with E-state index in [-0.39, 0.29) is 23.6 Å². The number of nitrogens with zero attached hydrogens (tertiary/aromatic N) is 1. The fraction of sp³-hybridized carbons (Fsp3) is 0.391. The number of rotatable bonds is 10. The molecule has 0 spiro atoms. The molecule has 0 fully saturated rings. The summed E-state index contributed by atoms with van der Waals surface area (Å²) in [6.45, 7) is 6.11. The predicted molar refractivity (Wildman–Crippen MR) is 118 cm³/mol. The van der Waals surface area contributed by atoms with Crippen molar-refractivity contribution < 1.29 is 14.3 Å². The van der Waals surface area contributed by atoms with Gasteiger partial charge >= 0.3 is 0 Å². The lowest BCUT2D eigenvalue weighted by atomic mass is 10.1. The van der Waals surface area contributed by atoms with E-state index in [1.165, 1.54) is 11.8 Å². The van der Waals surface area contributed by atoms with Crippen molar-refractivity contribution in [3.05, 3.63) is 60.2 Å². The monoisotopic (exact) mass is 414 g/mol. The highest BCUT2D eigenvalue weighted by molar-refractivity contribution is 8.00. The molecule has 0 heterocycles. The summed E-state index contributed by atoms with van der Waals surface area (Å²) in [4.78, 5) is 28.4. The number of hydrogen-bond acceptors (Lipinski definition) is 4. The molecule has 0 aliphatic heterocycles. The first-order chi connectivity index (χ1) is 13.9. The van der Waals surface area contributed by atoms with Gasteiger partial charge in [0.25, 0.3) is 0 Å². The maximum atomic E-state index is 13.1. The van der Waals surface area contributed by atoms with Gasteiger partial charge in [-0.2, -0.15) is 0 Å². The van der Waals surface area contributed by atoms with Crippen molar-refractivity contribution >= 4 is 23.6 Å². The van der Waals surface area contributed by atoms with E-state index in [2.05, 4.69) is 5.32 Å². The summed E-state index contributed by atoms with van der Waals surface area (Å²) in [5, 5.41) is 2.98. The van der Waals surface area contributed by atoms with E-state index in [4.69, 9.17) is 4.74 Å². The van der Waals surface area contributed by atoms with Crippen molar-refractivity contribution in [2.45, 2.75) is 50.7 Å². The molecule has 2 aromatic carbocycles. The van der Waals surface area contributed by atoms with E-state index in [0.29, 0.717) is 6.54 Å². The van der Waals surface area contributed by atoms with Gasteiger partial charge in [-0.3, -0.25) is 9.59 Å². The van der Waals surface area contributed by atoms with Crippen LogP contribution < -0.4 is 10.1 Å². The number of hydrogen-bond donors (Lipinski definition) is 1. The zero-order valence-corrected chi connectivity index (χ0v) is 18.4. The Morgan fingerprint density at radius 3 is 2.48 bits per heavy atom. The molecule has 0 radical (unpaired) electrons. The second-order valence-corrected chi connectivity index (χ2v) is 8.02. The van der Waals surface area contributed by atoms with Gasteiger partial charge in [-0.25, -0.2) is 0 Å². The molecule has 2 aromatic rings. The third-order valence-corrected chi connectivity index (χ3v) is 5.76. The molecule has 2 amide bonds. The average molecular weight is 415 g/mol. The van der Waals surface area contributed by atoms with E-state index in [9.17, 15) is 9.59 Å². The van der Waals surface area contributed by atoms with Crippen LogP contribution in [-0.4, -0.2) is 41.7 Å². The number of carbonyl (C=O) groups is 2. The van der Waals surface area contributed by atoms with E-state index >= 15 is 0 Å². The minimum absolute atomic E-state index is 0.0671. The zero-order valence-electron chi connectivity index (χ0n) is 17.6. The molecule has 0 saturated carbocycles. The van der Waals surface area contributed by atoms with E-state index in [0.717, 1.165) is 22.6 Å². The van der Waals surface area contributed by atoms with Crippen LogP contribution in [0.4, 0.5) is 0 Å². The lowest BCUT2D eigenvalue weighted by Crippen LogP contribution is -2.50. The van der Waals surface area contributed by atoms with Crippen molar-refractivity contribution in [2.24, 2.45) is 0 Å². The molecule has 0 saturated heterocycles. The molecule has 0 bridgehead atoms. The summed E-state index contributed by atoms with van der Waals surface area (Å²) in [6, 6.07) is 16.9. The smallest absolute Gasteiger partial charge is 0.242 e. The van der Waals surface area contributed by atoms with Crippen LogP contribution in [0.5, 0.6) is 5.75 Å². The molecular formula is C23H30N2O3S. The van der Waals surface area contributed by atoms with Gasteiger partial charge in [-0.05, 0) is 50.1 Å². The first kappa shape index (κ1) is 22.8. The van der Waals surface area contributed by atoms with Gasteiger partial charge in [0.2, 0.25) is 11.8 Å². The average Bonchev–Trinajstić information content (AvgIpc) is 2.76. The number of nitrogens with one attached hydrogen (secondary N) is 1. The molecule has 0 aliphatic rings. The van der Waals surface area contributed by atoms with Crippen LogP contribution in [0.25, 0.3) is 0 Å². The number of amides is 2. The van der Waals surface area contributed by atoms with Gasteiger partial charge in [-0.15, -0.1) is 11.8 Å². The van der Waals surface area contributed by atoms with Crippen LogP contribution in [0.3, 0.4) is 0 Å². The summed E-state index contributed by atoms with van der Waals surface area (Å²) in [5.41, 5.74) is 0.922. The fourth-order valence-corrected chi connectivity index (χ4v) is 3.57. The van der Waals surface area contributed by atoms with Gasteiger partial charge in [0.05, 0.1) is 12.9 Å². The standard InChI is InChI=1S/C23H30N2O3S/c1-5-17(2)24-23(27)18(3)25(15-19-10-9-11-20(14-19)28-4)22(26)16-29-21-12-7-6-8-13-21/h6-14,17-18H,5,15-16H2,1-4H3,(H,24,27)/t17-,18+/m1/s1. The first-order valence-electron chi connectivity index (χ1n) is 9.85. The van der Waals surface area contributed by atoms with E-state index < -0.39 is 6.04 Å². The highest BCUT2D eigenvalue weighted by Crippen LogP contribution is 2.20. The third kappa shape index (κ3) is 7.13. The maximum Gasteiger partial charge on any atom is 0.242 e. The van der Waals surface area contributed by atoms with Crippen LogP contribution in [0, 0.1) is 0 Å². The molecule has 5 nitrogen and oxygen atoms in total. The summed E-state index contributed by atoms with van der Waals surface area (Å²) in [5.74, 6) is 0.786. The van der Waals surface area contributed by atoms with Crippen molar-refractivity contribution in [2.75, 3.05) is 12.9 Å². The summed E-state index contributed by atoms with van der Waals surface area (Å²) >= 11 is 1.47. The van der Waals surface area contributed by atoms with Gasteiger partial charge in [0.15, 0.2) is 0 Å². The number of carbonyl (C=O) groups excluding carboxylic acids is 2. The van der Waals surface area contributed by atoms with E-state index in [1.54, 1.807) is 18.9 Å². The quantitative estimate of drug-likeness (QED) is 0.594. The lowest BCUT2D eigenvalue weighted by molar-refractivity contribution is -0.138. The molecule has 0 unspecified atom stereocenters. The number of methoxy groups -OCH3 is 1. The zero-order chi connectivity index (χ0) is 21.2. The third-order valence-electron chi connectivity index (χ3n) is 4.76. The Hall–Kier alpha value is -2.47. The largest absolute Gasteiger partial charge is 0.497 e. The molecule has 0 aromatic heterocycles. The predicted octanol–water partition coefficient (Wildman–Crippen LogP) is 4.12. The van der Waals surface area contributed by atoms with Crippen molar-refractivity contribution in [3.63, 3.8) is 0 Å². The molecular weight excluding hydrogens is 384 g/mol. The summed E-state index contributed by atoms with van der Waals surface area (Å²) < 4.78 is 5.29. The van der Waals surface area contributed by atoms with Crippen LogP contribution in [-0.2, 0) is 16.1 Å². The molecule has 2 rings (SSSR count). The normalized spacial score (nSPS) is 12.7. The maximum absolute atomic E-state index is 13.1. The molecule has 0 aliphatic carbocycles. The van der Waals surface area contributed by atoms with Crippen LogP contribution in [0.1, 0.15) is 32.8 Å². The minimum atomic E-state index is -0.570. The van der Waals surface area contributed by atoms with Crippen LogP contribution >= 0.6 is 11.8 Å². The Morgan fingerprint density at radius 1 is 1.10 bits per heavy atom. The Bertz CT molecular complexity index is 798. The number of ether oxygens (including phenoxy) is 1. The van der Waals surface area contributed by atoms with Gasteiger partial charge in [-0.1, -0.05) is 37.3 Å². The Morgan fingerprint density at radius 2 is 1.83 bits per heavy atom. The van der Waals surface area contributed by atoms with Crippen molar-refractivity contribution in [3.8, 4) is 5.75 Å². The second kappa shape index (κ2) is 11.5. The molecule has 1 N–H and O–H groups in total. The Labute approximate surface area is 177 Å². The Balaban J connectivity index is 2.16.